The zero-order valence-corrected chi connectivity index (χ0v) is 10.9. The highest BCUT2D eigenvalue weighted by atomic mass is 32.2. The van der Waals surface area contributed by atoms with Crippen LogP contribution in [-0.4, -0.2) is 43.5 Å². The molecule has 1 amide bonds. The van der Waals surface area contributed by atoms with Gasteiger partial charge in [0.2, 0.25) is 5.91 Å². The normalized spacial score (nSPS) is 13.1. The van der Waals surface area contributed by atoms with Crippen molar-refractivity contribution >= 4 is 21.7 Å². The van der Waals surface area contributed by atoms with E-state index in [1.807, 2.05) is 0 Å². The Morgan fingerprint density at radius 3 is 2.35 bits per heavy atom. The molecule has 0 aliphatic heterocycles. The molecule has 1 unspecified atom stereocenters. The van der Waals surface area contributed by atoms with Crippen LogP contribution in [0.5, 0.6) is 0 Å². The van der Waals surface area contributed by atoms with Crippen molar-refractivity contribution in [3.8, 4) is 0 Å². The molecule has 0 aromatic carbocycles. The molecule has 0 saturated heterocycles. The second kappa shape index (κ2) is 7.26. The third-order valence-electron chi connectivity index (χ3n) is 2.12. The predicted octanol–water partition coefficient (Wildman–Crippen LogP) is 0.181. The van der Waals surface area contributed by atoms with E-state index in [1.54, 1.807) is 6.92 Å². The first kappa shape index (κ1) is 15.9. The van der Waals surface area contributed by atoms with Crippen LogP contribution in [0.25, 0.3) is 0 Å². The lowest BCUT2D eigenvalue weighted by Gasteiger charge is -2.12. The van der Waals surface area contributed by atoms with Gasteiger partial charge in [-0.25, -0.2) is 8.42 Å². The topological polar surface area (TPSA) is 101 Å². The summed E-state index contributed by atoms with van der Waals surface area (Å²) >= 11 is 0. The molecule has 2 N–H and O–H groups in total. The molecule has 0 aromatic rings. The van der Waals surface area contributed by atoms with Crippen molar-refractivity contribution in [1.29, 1.82) is 0 Å². The summed E-state index contributed by atoms with van der Waals surface area (Å²) in [5, 5.41) is 11.1. The maximum atomic E-state index is 11.3. The number of hydrogen-bond acceptors (Lipinski definition) is 4. The molecule has 0 heterocycles. The number of aliphatic carboxylic acids is 1. The first-order valence-corrected chi connectivity index (χ1v) is 7.45. The van der Waals surface area contributed by atoms with Crippen LogP contribution in [0, 0.1) is 0 Å². The number of nitrogens with one attached hydrogen (secondary N) is 1. The SMILES string of the molecule is CC(CCC(=O)O)NC(=O)CCCS(C)(=O)=O. The molecule has 1 atom stereocenters. The minimum atomic E-state index is -3.03. The lowest BCUT2D eigenvalue weighted by Crippen LogP contribution is -2.33. The smallest absolute Gasteiger partial charge is 0.303 e. The van der Waals surface area contributed by atoms with Crippen molar-refractivity contribution in [1.82, 2.24) is 5.32 Å². The average Bonchev–Trinajstić information content (AvgIpc) is 2.12. The van der Waals surface area contributed by atoms with Gasteiger partial charge in [0.1, 0.15) is 9.84 Å². The van der Waals surface area contributed by atoms with E-state index >= 15 is 0 Å². The van der Waals surface area contributed by atoms with Crippen LogP contribution >= 0.6 is 0 Å². The molecule has 0 bridgehead atoms. The quantitative estimate of drug-likeness (QED) is 0.652. The maximum absolute atomic E-state index is 11.3. The van der Waals surface area contributed by atoms with Crippen molar-refractivity contribution < 1.29 is 23.1 Å². The fourth-order valence-corrected chi connectivity index (χ4v) is 1.92. The Labute approximate surface area is 101 Å². The minimum absolute atomic E-state index is 0.00475. The van der Waals surface area contributed by atoms with Crippen LogP contribution in [-0.2, 0) is 19.4 Å². The fraction of sp³-hybridized carbons (Fsp3) is 0.800. The Morgan fingerprint density at radius 1 is 1.29 bits per heavy atom. The highest BCUT2D eigenvalue weighted by molar-refractivity contribution is 7.90. The van der Waals surface area contributed by atoms with Gasteiger partial charge in [-0.15, -0.1) is 0 Å². The van der Waals surface area contributed by atoms with Crippen molar-refractivity contribution in [3.63, 3.8) is 0 Å². The second-order valence-electron chi connectivity index (χ2n) is 4.13. The van der Waals surface area contributed by atoms with Crippen LogP contribution in [0.15, 0.2) is 0 Å². The molecule has 17 heavy (non-hydrogen) atoms. The van der Waals surface area contributed by atoms with Gasteiger partial charge in [-0.05, 0) is 19.8 Å². The van der Waals surface area contributed by atoms with Crippen molar-refractivity contribution in [2.45, 2.75) is 38.6 Å². The molecule has 0 spiro atoms. The summed E-state index contributed by atoms with van der Waals surface area (Å²) in [5.41, 5.74) is 0. The predicted molar refractivity (Wildman–Crippen MR) is 63.4 cm³/mol. The molecule has 0 radical (unpaired) electrons. The largest absolute Gasteiger partial charge is 0.481 e. The third-order valence-corrected chi connectivity index (χ3v) is 3.15. The van der Waals surface area contributed by atoms with Crippen LogP contribution in [0.1, 0.15) is 32.6 Å². The monoisotopic (exact) mass is 265 g/mol. The number of carboxylic acid groups (broad SMARTS) is 1. The summed E-state index contributed by atoms with van der Waals surface area (Å²) in [4.78, 5) is 21.6. The molecule has 7 heteroatoms. The van der Waals surface area contributed by atoms with Crippen LogP contribution in [0.2, 0.25) is 0 Å². The number of carbonyl (C=O) groups is 2. The summed E-state index contributed by atoms with van der Waals surface area (Å²) in [6.07, 6.45) is 1.93. The fourth-order valence-electron chi connectivity index (χ4n) is 1.25. The summed E-state index contributed by atoms with van der Waals surface area (Å²) in [7, 11) is -3.03. The van der Waals surface area contributed by atoms with Crippen LogP contribution < -0.4 is 5.32 Å². The van der Waals surface area contributed by atoms with E-state index in [2.05, 4.69) is 5.32 Å². The molecule has 6 nitrogen and oxygen atoms in total. The first-order valence-electron chi connectivity index (χ1n) is 5.39. The lowest BCUT2D eigenvalue weighted by atomic mass is 10.2. The Bertz CT molecular complexity index is 363. The summed E-state index contributed by atoms with van der Waals surface area (Å²) in [5.74, 6) is -1.15. The van der Waals surface area contributed by atoms with Crippen molar-refractivity contribution in [3.05, 3.63) is 0 Å². The minimum Gasteiger partial charge on any atom is -0.481 e. The van der Waals surface area contributed by atoms with Crippen molar-refractivity contribution in [2.75, 3.05) is 12.0 Å². The van der Waals surface area contributed by atoms with Crippen molar-refractivity contribution in [2.24, 2.45) is 0 Å². The van der Waals surface area contributed by atoms with E-state index in [1.165, 1.54) is 0 Å². The Balaban J connectivity index is 3.75. The zero-order chi connectivity index (χ0) is 13.5. The molecule has 0 rings (SSSR count). The number of amides is 1. The van der Waals surface area contributed by atoms with Gasteiger partial charge in [0.25, 0.3) is 0 Å². The van der Waals surface area contributed by atoms with Gasteiger partial charge >= 0.3 is 5.97 Å². The molecule has 0 aromatic heterocycles. The number of carbonyl (C=O) groups excluding carboxylic acids is 1. The van der Waals surface area contributed by atoms with E-state index in [9.17, 15) is 18.0 Å². The summed E-state index contributed by atoms with van der Waals surface area (Å²) < 4.78 is 21.6. The molecule has 0 aliphatic carbocycles. The third kappa shape index (κ3) is 11.2. The van der Waals surface area contributed by atoms with Gasteiger partial charge in [-0.1, -0.05) is 0 Å². The van der Waals surface area contributed by atoms with Gasteiger partial charge < -0.3 is 10.4 Å². The summed E-state index contributed by atoms with van der Waals surface area (Å²) in [6, 6.07) is -0.211. The number of sulfone groups is 1. The standard InChI is InChI=1S/C10H19NO5S/c1-8(5-6-10(13)14)11-9(12)4-3-7-17(2,15)16/h8H,3-7H2,1-2H3,(H,11,12)(H,13,14). The van der Waals surface area contributed by atoms with Gasteiger partial charge in [0.05, 0.1) is 5.75 Å². The van der Waals surface area contributed by atoms with Gasteiger partial charge in [0.15, 0.2) is 0 Å². The van der Waals surface area contributed by atoms with E-state index in [0.717, 1.165) is 6.26 Å². The molecular formula is C10H19NO5S. The molecule has 0 fully saturated rings. The number of carboxylic acids is 1. The Kier molecular flexibility index (Phi) is 6.79. The molecule has 0 saturated carbocycles. The van der Waals surface area contributed by atoms with E-state index in [0.29, 0.717) is 6.42 Å². The first-order chi connectivity index (χ1) is 7.70. The maximum Gasteiger partial charge on any atom is 0.303 e. The highest BCUT2D eigenvalue weighted by Crippen LogP contribution is 1.99. The molecule has 0 aliphatic rings. The van der Waals surface area contributed by atoms with Crippen LogP contribution in [0.4, 0.5) is 0 Å². The summed E-state index contributed by atoms with van der Waals surface area (Å²) in [6.45, 7) is 1.72. The van der Waals surface area contributed by atoms with Gasteiger partial charge in [-0.3, -0.25) is 9.59 Å². The van der Waals surface area contributed by atoms with E-state index < -0.39 is 15.8 Å². The number of rotatable bonds is 8. The molecular weight excluding hydrogens is 246 g/mol. The second-order valence-corrected chi connectivity index (χ2v) is 6.39. The van der Waals surface area contributed by atoms with E-state index in [4.69, 9.17) is 5.11 Å². The van der Waals surface area contributed by atoms with Gasteiger partial charge in [0, 0.05) is 25.1 Å². The van der Waals surface area contributed by atoms with Gasteiger partial charge in [-0.2, -0.15) is 0 Å². The number of hydrogen-bond donors (Lipinski definition) is 2. The highest BCUT2D eigenvalue weighted by Gasteiger charge is 2.10. The van der Waals surface area contributed by atoms with Crippen LogP contribution in [0.3, 0.4) is 0 Å². The average molecular weight is 265 g/mol. The Hall–Kier alpha value is -1.11. The zero-order valence-electron chi connectivity index (χ0n) is 10.1. The Morgan fingerprint density at radius 2 is 1.88 bits per heavy atom. The van der Waals surface area contributed by atoms with E-state index in [-0.39, 0.29) is 37.0 Å². The lowest BCUT2D eigenvalue weighted by molar-refractivity contribution is -0.137. The molecule has 100 valence electrons.